The van der Waals surface area contributed by atoms with Gasteiger partial charge < -0.3 is 5.32 Å². The Hall–Kier alpha value is -1.51. The lowest BCUT2D eigenvalue weighted by Gasteiger charge is -2.13. The first-order chi connectivity index (χ1) is 9.06. The Morgan fingerprint density at radius 3 is 2.21 bits per heavy atom. The van der Waals surface area contributed by atoms with E-state index in [1.165, 1.54) is 0 Å². The smallest absolute Gasteiger partial charge is 0.231 e. The second-order valence-corrected chi connectivity index (χ2v) is 5.15. The number of carbonyl (C=O) groups excluding carboxylic acids is 1. The lowest BCUT2D eigenvalue weighted by Crippen LogP contribution is -2.18. The highest BCUT2D eigenvalue weighted by Crippen LogP contribution is 2.24. The van der Waals surface area contributed by atoms with Crippen molar-refractivity contribution < 1.29 is 4.79 Å². The molecule has 0 aliphatic heterocycles. The van der Waals surface area contributed by atoms with Crippen LogP contribution in [0.4, 0.5) is 5.69 Å². The molecular formula is C15H13Cl2NO. The van der Waals surface area contributed by atoms with Gasteiger partial charge in [-0.15, -0.1) is 0 Å². The Labute approximate surface area is 122 Å². The van der Waals surface area contributed by atoms with Gasteiger partial charge in [-0.25, -0.2) is 0 Å². The first kappa shape index (κ1) is 13.9. The molecule has 0 aliphatic rings. The zero-order chi connectivity index (χ0) is 13.8. The molecule has 1 amide bonds. The van der Waals surface area contributed by atoms with Crippen LogP contribution in [0.2, 0.25) is 10.0 Å². The predicted octanol–water partition coefficient (Wildman–Crippen LogP) is 4.74. The van der Waals surface area contributed by atoms with Crippen LogP contribution in [0.25, 0.3) is 0 Å². The van der Waals surface area contributed by atoms with Gasteiger partial charge in [0.2, 0.25) is 5.91 Å². The van der Waals surface area contributed by atoms with E-state index < -0.39 is 0 Å². The fourth-order valence-corrected chi connectivity index (χ4v) is 2.30. The number of amides is 1. The molecule has 2 nitrogen and oxygen atoms in total. The topological polar surface area (TPSA) is 29.1 Å². The molecule has 0 saturated carbocycles. The quantitative estimate of drug-likeness (QED) is 0.870. The number of nitrogens with one attached hydrogen (secondary N) is 1. The van der Waals surface area contributed by atoms with Crippen molar-refractivity contribution in [2.45, 2.75) is 12.8 Å². The normalized spacial score (nSPS) is 11.9. The van der Waals surface area contributed by atoms with Crippen molar-refractivity contribution in [2.75, 3.05) is 5.32 Å². The molecule has 0 radical (unpaired) electrons. The lowest BCUT2D eigenvalue weighted by atomic mass is 10.0. The average molecular weight is 294 g/mol. The van der Waals surface area contributed by atoms with Gasteiger partial charge in [-0.2, -0.15) is 0 Å². The first-order valence-electron chi connectivity index (χ1n) is 5.88. The Balaban J connectivity index is 2.13. The van der Waals surface area contributed by atoms with Crippen molar-refractivity contribution in [1.29, 1.82) is 0 Å². The van der Waals surface area contributed by atoms with Crippen molar-refractivity contribution in [3.05, 3.63) is 64.1 Å². The van der Waals surface area contributed by atoms with E-state index in [1.807, 2.05) is 37.3 Å². The first-order valence-corrected chi connectivity index (χ1v) is 6.64. The minimum Gasteiger partial charge on any atom is -0.325 e. The molecule has 4 heteroatoms. The van der Waals surface area contributed by atoms with Gasteiger partial charge in [-0.1, -0.05) is 53.5 Å². The van der Waals surface area contributed by atoms with E-state index in [1.54, 1.807) is 18.2 Å². The van der Waals surface area contributed by atoms with Crippen molar-refractivity contribution >= 4 is 34.8 Å². The van der Waals surface area contributed by atoms with E-state index in [4.69, 9.17) is 23.2 Å². The zero-order valence-electron chi connectivity index (χ0n) is 10.4. The number of carbonyl (C=O) groups is 1. The third-order valence-corrected chi connectivity index (χ3v) is 3.26. The summed E-state index contributed by atoms with van der Waals surface area (Å²) in [6, 6.07) is 14.6. The number of hydrogen-bond acceptors (Lipinski definition) is 1. The fourth-order valence-electron chi connectivity index (χ4n) is 1.77. The number of anilines is 1. The highest BCUT2D eigenvalue weighted by molar-refractivity contribution is 6.35. The monoisotopic (exact) mass is 293 g/mol. The third-order valence-electron chi connectivity index (χ3n) is 2.82. The van der Waals surface area contributed by atoms with Crippen molar-refractivity contribution in [2.24, 2.45) is 0 Å². The van der Waals surface area contributed by atoms with E-state index in [9.17, 15) is 4.79 Å². The molecule has 1 atom stereocenters. The van der Waals surface area contributed by atoms with Crippen LogP contribution in [-0.2, 0) is 4.79 Å². The van der Waals surface area contributed by atoms with Crippen LogP contribution in [-0.4, -0.2) is 5.91 Å². The molecule has 19 heavy (non-hydrogen) atoms. The Morgan fingerprint density at radius 2 is 1.63 bits per heavy atom. The van der Waals surface area contributed by atoms with Gasteiger partial charge in [0.05, 0.1) is 5.92 Å². The molecular weight excluding hydrogens is 281 g/mol. The molecule has 0 fully saturated rings. The van der Waals surface area contributed by atoms with Gasteiger partial charge in [0, 0.05) is 15.7 Å². The molecule has 0 aromatic heterocycles. The van der Waals surface area contributed by atoms with E-state index in [0.717, 1.165) is 5.56 Å². The predicted molar refractivity (Wildman–Crippen MR) is 79.9 cm³/mol. The van der Waals surface area contributed by atoms with Crippen LogP contribution >= 0.6 is 23.2 Å². The average Bonchev–Trinajstić information content (AvgIpc) is 2.37. The molecule has 0 spiro atoms. The van der Waals surface area contributed by atoms with Gasteiger partial charge in [-0.05, 0) is 30.7 Å². The Kier molecular flexibility index (Phi) is 4.46. The van der Waals surface area contributed by atoms with Gasteiger partial charge in [0.15, 0.2) is 0 Å². The molecule has 0 saturated heterocycles. The molecule has 0 aliphatic carbocycles. The molecule has 98 valence electrons. The molecule has 2 aromatic carbocycles. The summed E-state index contributed by atoms with van der Waals surface area (Å²) in [6.45, 7) is 1.86. The summed E-state index contributed by atoms with van der Waals surface area (Å²) in [6.07, 6.45) is 0. The number of halogens is 2. The maximum Gasteiger partial charge on any atom is 0.231 e. The van der Waals surface area contributed by atoms with E-state index in [-0.39, 0.29) is 11.8 Å². The van der Waals surface area contributed by atoms with Crippen molar-refractivity contribution in [3.8, 4) is 0 Å². The van der Waals surface area contributed by atoms with Gasteiger partial charge >= 0.3 is 0 Å². The minimum absolute atomic E-state index is 0.0930. The maximum atomic E-state index is 12.1. The van der Waals surface area contributed by atoms with E-state index in [2.05, 4.69) is 5.32 Å². The van der Waals surface area contributed by atoms with E-state index >= 15 is 0 Å². The van der Waals surface area contributed by atoms with Crippen LogP contribution < -0.4 is 5.32 Å². The van der Waals surface area contributed by atoms with Crippen LogP contribution in [0.5, 0.6) is 0 Å². The molecule has 0 heterocycles. The van der Waals surface area contributed by atoms with Crippen LogP contribution in [0, 0.1) is 0 Å². The van der Waals surface area contributed by atoms with Gasteiger partial charge in [0.1, 0.15) is 0 Å². The summed E-state index contributed by atoms with van der Waals surface area (Å²) in [4.78, 5) is 12.1. The van der Waals surface area contributed by atoms with Crippen LogP contribution in [0.15, 0.2) is 48.5 Å². The zero-order valence-corrected chi connectivity index (χ0v) is 11.9. The SMILES string of the molecule is C[C@@H](C(=O)Nc1cc(Cl)cc(Cl)c1)c1ccccc1. The summed E-state index contributed by atoms with van der Waals surface area (Å²) in [5, 5.41) is 3.81. The second kappa shape index (κ2) is 6.09. The van der Waals surface area contributed by atoms with Gasteiger partial charge in [0.25, 0.3) is 0 Å². The molecule has 0 bridgehead atoms. The van der Waals surface area contributed by atoms with Crippen LogP contribution in [0.1, 0.15) is 18.4 Å². The highest BCUT2D eigenvalue weighted by Gasteiger charge is 2.15. The summed E-state index contributed by atoms with van der Waals surface area (Å²) >= 11 is 11.8. The summed E-state index contributed by atoms with van der Waals surface area (Å²) in [5.41, 5.74) is 1.57. The molecule has 2 rings (SSSR count). The largest absolute Gasteiger partial charge is 0.325 e. The van der Waals surface area contributed by atoms with E-state index in [0.29, 0.717) is 15.7 Å². The van der Waals surface area contributed by atoms with Crippen molar-refractivity contribution in [3.63, 3.8) is 0 Å². The summed E-state index contributed by atoms with van der Waals surface area (Å²) in [7, 11) is 0. The third kappa shape index (κ3) is 3.72. The second-order valence-electron chi connectivity index (χ2n) is 4.28. The highest BCUT2D eigenvalue weighted by atomic mass is 35.5. The number of rotatable bonds is 3. The Bertz CT molecular complexity index is 564. The fraction of sp³-hybridized carbons (Fsp3) is 0.133. The van der Waals surface area contributed by atoms with Gasteiger partial charge in [-0.3, -0.25) is 4.79 Å². The lowest BCUT2D eigenvalue weighted by molar-refractivity contribution is -0.117. The minimum atomic E-state index is -0.237. The van der Waals surface area contributed by atoms with Crippen molar-refractivity contribution in [1.82, 2.24) is 0 Å². The molecule has 0 unspecified atom stereocenters. The summed E-state index contributed by atoms with van der Waals surface area (Å²) in [5.74, 6) is -0.330. The molecule has 2 aromatic rings. The summed E-state index contributed by atoms with van der Waals surface area (Å²) < 4.78 is 0. The molecule has 1 N–H and O–H groups in total. The maximum absolute atomic E-state index is 12.1. The number of hydrogen-bond donors (Lipinski definition) is 1. The van der Waals surface area contributed by atoms with Crippen LogP contribution in [0.3, 0.4) is 0 Å². The standard InChI is InChI=1S/C15H13Cl2NO/c1-10(11-5-3-2-4-6-11)15(19)18-14-8-12(16)7-13(17)9-14/h2-10H,1H3,(H,18,19)/t10-/m1/s1. The number of benzene rings is 2. The Morgan fingerprint density at radius 1 is 1.05 bits per heavy atom.